The Hall–Kier alpha value is 0.120. The molecule has 0 aromatic heterocycles. The van der Waals surface area contributed by atoms with Gasteiger partial charge in [-0.15, -0.1) is 0 Å². The van der Waals surface area contributed by atoms with E-state index in [1.165, 1.54) is 7.11 Å². The van der Waals surface area contributed by atoms with Crippen LogP contribution in [0.25, 0.3) is 0 Å². The summed E-state index contributed by atoms with van der Waals surface area (Å²) in [6.07, 6.45) is 0. The fraction of sp³-hybridized carbons (Fsp3) is 0.125. The van der Waals surface area contributed by atoms with E-state index in [-0.39, 0.29) is 15.1 Å². The van der Waals surface area contributed by atoms with Gasteiger partial charge in [0.25, 0.3) is 0 Å². The molecule has 0 aliphatic carbocycles. The lowest BCUT2D eigenvalue weighted by Gasteiger charge is -2.06. The third kappa shape index (κ3) is 2.20. The minimum absolute atomic E-state index is 0.124. The first kappa shape index (κ1) is 12.2. The van der Waals surface area contributed by atoms with E-state index in [0.717, 1.165) is 6.07 Å². The van der Waals surface area contributed by atoms with Crippen LogP contribution in [0.3, 0.4) is 0 Å². The summed E-state index contributed by atoms with van der Waals surface area (Å²) in [5, 5.41) is 0.172. The summed E-state index contributed by atoms with van der Waals surface area (Å²) in [5.74, 6) is -1.20. The average Bonchev–Trinajstić information content (AvgIpc) is 2.19. The van der Waals surface area contributed by atoms with Crippen molar-refractivity contribution in [1.29, 1.82) is 0 Å². The molecule has 0 unspecified atom stereocenters. The van der Waals surface area contributed by atoms with Crippen LogP contribution in [-0.2, 0) is 4.74 Å². The summed E-state index contributed by atoms with van der Waals surface area (Å²) in [5.41, 5.74) is 0.124. The number of rotatable bonds is 1. The predicted molar refractivity (Wildman–Crippen MR) is 63.2 cm³/mol. The van der Waals surface area contributed by atoms with Crippen molar-refractivity contribution in [1.82, 2.24) is 0 Å². The van der Waals surface area contributed by atoms with Crippen molar-refractivity contribution >= 4 is 56.1 Å². The second kappa shape index (κ2) is 4.76. The van der Waals surface area contributed by atoms with Gasteiger partial charge in [0.2, 0.25) is 0 Å². The van der Waals surface area contributed by atoms with E-state index < -0.39 is 11.8 Å². The average molecular weight is 393 g/mol. The van der Waals surface area contributed by atoms with Gasteiger partial charge in [0.1, 0.15) is 5.82 Å². The summed E-state index contributed by atoms with van der Waals surface area (Å²) in [6.45, 7) is 0. The minimum atomic E-state index is -0.609. The fourth-order valence-corrected chi connectivity index (χ4v) is 2.35. The molecule has 0 fully saturated rings. The topological polar surface area (TPSA) is 26.3 Å². The van der Waals surface area contributed by atoms with Gasteiger partial charge in [0.05, 0.1) is 22.2 Å². The molecule has 0 saturated carbocycles. The second-order valence-corrected chi connectivity index (χ2v) is 4.59. The van der Waals surface area contributed by atoms with Crippen molar-refractivity contribution in [3.05, 3.63) is 30.5 Å². The van der Waals surface area contributed by atoms with E-state index in [1.54, 1.807) is 0 Å². The van der Waals surface area contributed by atoms with Crippen molar-refractivity contribution in [2.45, 2.75) is 0 Å². The molecule has 0 bridgehead atoms. The van der Waals surface area contributed by atoms with Crippen LogP contribution in [0.15, 0.2) is 10.5 Å². The number of hydrogen-bond acceptors (Lipinski definition) is 2. The van der Waals surface area contributed by atoms with E-state index >= 15 is 0 Å². The first-order chi connectivity index (χ1) is 6.49. The Bertz CT molecular complexity index is 397. The maximum Gasteiger partial charge on any atom is 0.339 e. The summed E-state index contributed by atoms with van der Waals surface area (Å²) in [4.78, 5) is 11.2. The van der Waals surface area contributed by atoms with Crippen LogP contribution in [0.1, 0.15) is 10.4 Å². The van der Waals surface area contributed by atoms with Crippen molar-refractivity contribution in [2.24, 2.45) is 0 Å². The molecule has 0 N–H and O–H groups in total. The molecule has 76 valence electrons. The Morgan fingerprint density at radius 2 is 2.29 bits per heavy atom. The summed E-state index contributed by atoms with van der Waals surface area (Å²) < 4.78 is 18.3. The molecule has 14 heavy (non-hydrogen) atoms. The number of hydrogen-bond donors (Lipinski definition) is 0. The highest BCUT2D eigenvalue weighted by Crippen LogP contribution is 2.32. The molecular weight excluding hydrogens is 389 g/mol. The van der Waals surface area contributed by atoms with E-state index in [4.69, 9.17) is 11.6 Å². The van der Waals surface area contributed by atoms with Gasteiger partial charge in [-0.2, -0.15) is 0 Å². The van der Waals surface area contributed by atoms with E-state index in [2.05, 4.69) is 20.7 Å². The molecule has 1 aromatic rings. The minimum Gasteiger partial charge on any atom is -0.465 e. The smallest absolute Gasteiger partial charge is 0.339 e. The number of halogens is 4. The van der Waals surface area contributed by atoms with Gasteiger partial charge in [-0.25, -0.2) is 9.18 Å². The summed E-state index contributed by atoms with van der Waals surface area (Å²) in [7, 11) is 1.23. The number of benzene rings is 1. The van der Waals surface area contributed by atoms with Gasteiger partial charge in [-0.1, -0.05) is 11.6 Å². The molecular formula is C8H4BrClFIO2. The summed E-state index contributed by atoms with van der Waals surface area (Å²) in [6, 6.07) is 1.09. The zero-order valence-electron chi connectivity index (χ0n) is 6.91. The Kier molecular flexibility index (Phi) is 4.15. The Balaban J connectivity index is 3.40. The Morgan fingerprint density at radius 3 is 2.79 bits per heavy atom. The van der Waals surface area contributed by atoms with Crippen LogP contribution >= 0.6 is 50.1 Å². The highest BCUT2D eigenvalue weighted by Gasteiger charge is 2.18. The number of esters is 1. The van der Waals surface area contributed by atoms with Crippen molar-refractivity contribution in [3.63, 3.8) is 0 Å². The van der Waals surface area contributed by atoms with Gasteiger partial charge in [0.15, 0.2) is 0 Å². The van der Waals surface area contributed by atoms with Crippen LogP contribution in [0.5, 0.6) is 0 Å². The molecule has 1 rings (SSSR count). The largest absolute Gasteiger partial charge is 0.465 e. The number of methoxy groups -OCH3 is 1. The SMILES string of the molecule is COC(=O)c1cc(F)c(Br)c(Cl)c1I. The van der Waals surface area contributed by atoms with Crippen LogP contribution in [0.4, 0.5) is 4.39 Å². The fourth-order valence-electron chi connectivity index (χ4n) is 0.831. The Labute approximate surface area is 107 Å². The molecule has 0 radical (unpaired) electrons. The highest BCUT2D eigenvalue weighted by molar-refractivity contribution is 14.1. The number of carbonyl (C=O) groups excluding carboxylic acids is 1. The summed E-state index contributed by atoms with van der Waals surface area (Å²) >= 11 is 10.6. The third-order valence-corrected chi connectivity index (χ3v) is 4.33. The van der Waals surface area contributed by atoms with Crippen LogP contribution < -0.4 is 0 Å². The second-order valence-electron chi connectivity index (χ2n) is 2.34. The maximum atomic E-state index is 13.2. The zero-order valence-corrected chi connectivity index (χ0v) is 11.4. The Morgan fingerprint density at radius 1 is 1.71 bits per heavy atom. The molecule has 0 heterocycles. The van der Waals surface area contributed by atoms with Gasteiger partial charge in [-0.3, -0.25) is 0 Å². The lowest BCUT2D eigenvalue weighted by molar-refractivity contribution is 0.0599. The number of ether oxygens (including phenoxy) is 1. The van der Waals surface area contributed by atoms with Gasteiger partial charge in [0, 0.05) is 3.57 Å². The van der Waals surface area contributed by atoms with Gasteiger partial charge < -0.3 is 4.74 Å². The van der Waals surface area contributed by atoms with Crippen molar-refractivity contribution in [2.75, 3.05) is 7.11 Å². The van der Waals surface area contributed by atoms with Crippen molar-refractivity contribution in [3.8, 4) is 0 Å². The van der Waals surface area contributed by atoms with E-state index in [1.807, 2.05) is 22.6 Å². The molecule has 1 aromatic carbocycles. The lowest BCUT2D eigenvalue weighted by Crippen LogP contribution is -2.05. The van der Waals surface area contributed by atoms with Crippen LogP contribution in [-0.4, -0.2) is 13.1 Å². The predicted octanol–water partition coefficient (Wildman–Crippen LogP) is 3.63. The van der Waals surface area contributed by atoms with E-state index in [0.29, 0.717) is 3.57 Å². The van der Waals surface area contributed by atoms with E-state index in [9.17, 15) is 9.18 Å². The lowest BCUT2D eigenvalue weighted by atomic mass is 10.2. The molecule has 0 aliphatic rings. The maximum absolute atomic E-state index is 13.2. The quantitative estimate of drug-likeness (QED) is 0.315. The zero-order chi connectivity index (χ0) is 10.9. The van der Waals surface area contributed by atoms with Gasteiger partial charge >= 0.3 is 5.97 Å². The molecule has 0 saturated heterocycles. The standard InChI is InChI=1S/C8H4BrClFIO2/c1-14-8(13)3-2-4(11)5(9)6(10)7(3)12/h2H,1H3. The highest BCUT2D eigenvalue weighted by atomic mass is 127. The van der Waals surface area contributed by atoms with Crippen molar-refractivity contribution < 1.29 is 13.9 Å². The third-order valence-electron chi connectivity index (χ3n) is 1.51. The molecule has 0 atom stereocenters. The van der Waals surface area contributed by atoms with Crippen LogP contribution in [0, 0.1) is 9.39 Å². The van der Waals surface area contributed by atoms with Crippen LogP contribution in [0.2, 0.25) is 5.02 Å². The first-order valence-corrected chi connectivity index (χ1v) is 5.65. The molecule has 0 spiro atoms. The van der Waals surface area contributed by atoms with Gasteiger partial charge in [-0.05, 0) is 44.6 Å². The monoisotopic (exact) mass is 392 g/mol. The molecule has 0 aliphatic heterocycles. The molecule has 2 nitrogen and oxygen atoms in total. The molecule has 6 heteroatoms. The molecule has 0 amide bonds. The normalized spacial score (nSPS) is 10.1. The first-order valence-electron chi connectivity index (χ1n) is 3.40. The number of carbonyl (C=O) groups is 1.